The van der Waals surface area contributed by atoms with Crippen LogP contribution in [0.1, 0.15) is 27.5 Å². The minimum absolute atomic E-state index is 0. The van der Waals surface area contributed by atoms with E-state index >= 15 is 0 Å². The van der Waals surface area contributed by atoms with Gasteiger partial charge in [0.2, 0.25) is 0 Å². The number of nitrogens with zero attached hydrogens (tertiary/aromatic N) is 4. The Morgan fingerprint density at radius 2 is 2.23 bits per heavy atom. The van der Waals surface area contributed by atoms with Crippen molar-refractivity contribution in [3.05, 3.63) is 32.2 Å². The third-order valence-electron chi connectivity index (χ3n) is 2.99. The number of halogens is 1. The Balaban J connectivity index is 0.00000242. The molecular formula is C14H22IN5S2. The maximum Gasteiger partial charge on any atom is 0.194 e. The van der Waals surface area contributed by atoms with Gasteiger partial charge >= 0.3 is 0 Å². The van der Waals surface area contributed by atoms with Crippen molar-refractivity contribution in [2.24, 2.45) is 4.99 Å². The van der Waals surface area contributed by atoms with Crippen molar-refractivity contribution in [3.63, 3.8) is 0 Å². The first-order valence-electron chi connectivity index (χ1n) is 6.88. The summed E-state index contributed by atoms with van der Waals surface area (Å²) in [7, 11) is 3.81. The quantitative estimate of drug-likeness (QED) is 0.431. The van der Waals surface area contributed by atoms with Crippen molar-refractivity contribution >= 4 is 52.6 Å². The zero-order valence-corrected chi connectivity index (χ0v) is 17.3. The molecule has 2 aromatic rings. The molecule has 0 fully saturated rings. The van der Waals surface area contributed by atoms with Crippen molar-refractivity contribution in [3.8, 4) is 0 Å². The van der Waals surface area contributed by atoms with E-state index < -0.39 is 0 Å². The number of hydrogen-bond acceptors (Lipinski definition) is 5. The lowest BCUT2D eigenvalue weighted by Gasteiger charge is -2.20. The van der Waals surface area contributed by atoms with Crippen LogP contribution in [-0.2, 0) is 19.5 Å². The number of hydrogen-bond donors (Lipinski definition) is 1. The van der Waals surface area contributed by atoms with Crippen LogP contribution >= 0.6 is 46.7 Å². The Hall–Kier alpha value is -0.740. The molecule has 5 nitrogen and oxygen atoms in total. The topological polar surface area (TPSA) is 53.4 Å². The Bertz CT molecular complexity index is 608. The molecule has 0 bridgehead atoms. The summed E-state index contributed by atoms with van der Waals surface area (Å²) in [6, 6.07) is 0. The third-order valence-corrected chi connectivity index (χ3v) is 4.95. The van der Waals surface area contributed by atoms with Crippen LogP contribution in [0.25, 0.3) is 0 Å². The fraction of sp³-hybridized carbons (Fsp3) is 0.500. The Morgan fingerprint density at radius 3 is 2.77 bits per heavy atom. The molecule has 1 N–H and O–H groups in total. The highest BCUT2D eigenvalue weighted by Crippen LogP contribution is 2.13. The van der Waals surface area contributed by atoms with Crippen LogP contribution < -0.4 is 5.32 Å². The predicted octanol–water partition coefficient (Wildman–Crippen LogP) is 3.30. The molecule has 0 saturated heterocycles. The van der Waals surface area contributed by atoms with Gasteiger partial charge < -0.3 is 10.2 Å². The largest absolute Gasteiger partial charge is 0.350 e. The number of aryl methyl sites for hydroxylation is 2. The Labute approximate surface area is 156 Å². The number of nitrogens with one attached hydrogen (secondary N) is 1. The molecular weight excluding hydrogens is 429 g/mol. The molecule has 2 heterocycles. The first-order chi connectivity index (χ1) is 10.1. The minimum Gasteiger partial charge on any atom is -0.350 e. The fourth-order valence-corrected chi connectivity index (χ4v) is 3.34. The average molecular weight is 451 g/mol. The minimum atomic E-state index is 0. The SMILES string of the molecule is CCc1cnc(CNC(=NC)N(C)Cc2csc(C)n2)s1.I. The summed E-state index contributed by atoms with van der Waals surface area (Å²) in [5.74, 6) is 0.855. The summed E-state index contributed by atoms with van der Waals surface area (Å²) in [4.78, 5) is 16.6. The summed E-state index contributed by atoms with van der Waals surface area (Å²) in [6.07, 6.45) is 2.99. The zero-order valence-electron chi connectivity index (χ0n) is 13.3. The zero-order chi connectivity index (χ0) is 15.2. The van der Waals surface area contributed by atoms with Crippen LogP contribution in [0.2, 0.25) is 0 Å². The lowest BCUT2D eigenvalue weighted by molar-refractivity contribution is 0.470. The highest BCUT2D eigenvalue weighted by atomic mass is 127. The molecule has 8 heteroatoms. The molecule has 0 spiro atoms. The maximum atomic E-state index is 4.48. The molecule has 0 atom stereocenters. The van der Waals surface area contributed by atoms with Crippen LogP contribution in [0.15, 0.2) is 16.6 Å². The third kappa shape index (κ3) is 5.47. The Morgan fingerprint density at radius 1 is 1.45 bits per heavy atom. The van der Waals surface area contributed by atoms with E-state index in [2.05, 4.69) is 37.5 Å². The number of thiazole rings is 2. The number of rotatable bonds is 5. The van der Waals surface area contributed by atoms with E-state index in [4.69, 9.17) is 0 Å². The lowest BCUT2D eigenvalue weighted by Crippen LogP contribution is -2.38. The van der Waals surface area contributed by atoms with Crippen LogP contribution in [0.5, 0.6) is 0 Å². The maximum absolute atomic E-state index is 4.48. The van der Waals surface area contributed by atoms with E-state index in [1.165, 1.54) is 4.88 Å². The van der Waals surface area contributed by atoms with Crippen LogP contribution in [-0.4, -0.2) is 34.9 Å². The van der Waals surface area contributed by atoms with E-state index in [9.17, 15) is 0 Å². The second kappa shape index (κ2) is 9.41. The second-order valence-corrected chi connectivity index (χ2v) is 6.95. The number of aliphatic imine (C=N–C) groups is 1. The van der Waals surface area contributed by atoms with Crippen molar-refractivity contribution in [1.29, 1.82) is 0 Å². The van der Waals surface area contributed by atoms with E-state index in [0.717, 1.165) is 34.6 Å². The predicted molar refractivity (Wildman–Crippen MR) is 105 cm³/mol. The van der Waals surface area contributed by atoms with Crippen molar-refractivity contribution in [1.82, 2.24) is 20.2 Å². The van der Waals surface area contributed by atoms with Gasteiger partial charge in [0.05, 0.1) is 23.8 Å². The van der Waals surface area contributed by atoms with Crippen LogP contribution in [0, 0.1) is 6.92 Å². The van der Waals surface area contributed by atoms with E-state index in [0.29, 0.717) is 6.54 Å². The van der Waals surface area contributed by atoms with Gasteiger partial charge in [0.25, 0.3) is 0 Å². The highest BCUT2D eigenvalue weighted by Gasteiger charge is 2.09. The van der Waals surface area contributed by atoms with Gasteiger partial charge in [-0.1, -0.05) is 6.92 Å². The van der Waals surface area contributed by atoms with Gasteiger partial charge in [-0.3, -0.25) is 4.99 Å². The van der Waals surface area contributed by atoms with Gasteiger partial charge in [-0.2, -0.15) is 0 Å². The van der Waals surface area contributed by atoms with E-state index in [1.54, 1.807) is 29.7 Å². The fourth-order valence-electron chi connectivity index (χ4n) is 1.93. The molecule has 2 rings (SSSR count). The van der Waals surface area contributed by atoms with Crippen molar-refractivity contribution in [2.75, 3.05) is 14.1 Å². The van der Waals surface area contributed by atoms with Gasteiger partial charge in [0.15, 0.2) is 5.96 Å². The monoisotopic (exact) mass is 451 g/mol. The molecule has 0 saturated carbocycles. The second-order valence-electron chi connectivity index (χ2n) is 4.69. The standard InChI is InChI=1S/C14H21N5S2.HI/c1-5-12-6-16-13(21-12)7-17-14(15-3)19(4)8-11-9-20-10(2)18-11;/h6,9H,5,7-8H2,1-4H3,(H,15,17);1H. The molecule has 122 valence electrons. The molecule has 0 radical (unpaired) electrons. The van der Waals surface area contributed by atoms with Crippen LogP contribution in [0.3, 0.4) is 0 Å². The van der Waals surface area contributed by atoms with Gasteiger partial charge in [-0.05, 0) is 13.3 Å². The molecule has 0 aliphatic carbocycles. The molecule has 22 heavy (non-hydrogen) atoms. The first kappa shape index (κ1) is 19.3. The summed E-state index contributed by atoms with van der Waals surface area (Å²) < 4.78 is 0. The van der Waals surface area contributed by atoms with Crippen molar-refractivity contribution < 1.29 is 0 Å². The number of aromatic nitrogens is 2. The van der Waals surface area contributed by atoms with E-state index in [1.807, 2.05) is 20.2 Å². The number of guanidine groups is 1. The first-order valence-corrected chi connectivity index (χ1v) is 8.58. The van der Waals surface area contributed by atoms with Gasteiger partial charge in [0, 0.05) is 30.5 Å². The van der Waals surface area contributed by atoms with E-state index in [-0.39, 0.29) is 24.0 Å². The van der Waals surface area contributed by atoms with Gasteiger partial charge in [-0.15, -0.1) is 46.7 Å². The lowest BCUT2D eigenvalue weighted by atomic mass is 10.4. The molecule has 0 aromatic carbocycles. The van der Waals surface area contributed by atoms with Crippen LogP contribution in [0.4, 0.5) is 0 Å². The molecule has 0 aliphatic heterocycles. The Kier molecular flexibility index (Phi) is 8.26. The van der Waals surface area contributed by atoms with Gasteiger partial charge in [0.1, 0.15) is 5.01 Å². The highest BCUT2D eigenvalue weighted by molar-refractivity contribution is 14.0. The van der Waals surface area contributed by atoms with Gasteiger partial charge in [-0.25, -0.2) is 9.97 Å². The molecule has 0 amide bonds. The summed E-state index contributed by atoms with van der Waals surface area (Å²) in [5.41, 5.74) is 1.07. The summed E-state index contributed by atoms with van der Waals surface area (Å²) in [6.45, 7) is 5.63. The molecule has 0 aliphatic rings. The molecule has 2 aromatic heterocycles. The van der Waals surface area contributed by atoms with Crippen molar-refractivity contribution in [2.45, 2.75) is 33.4 Å². The average Bonchev–Trinajstić information content (AvgIpc) is 3.08. The summed E-state index contributed by atoms with van der Waals surface area (Å²) in [5, 5.41) is 7.62. The smallest absolute Gasteiger partial charge is 0.194 e. The summed E-state index contributed by atoms with van der Waals surface area (Å²) >= 11 is 3.42. The normalized spacial score (nSPS) is 11.2. The molecule has 0 unspecified atom stereocenters.